The van der Waals surface area contributed by atoms with E-state index < -0.39 is 0 Å². The minimum Gasteiger partial charge on any atom is -0.352 e. The Morgan fingerprint density at radius 3 is 2.65 bits per heavy atom. The average Bonchev–Trinajstić information content (AvgIpc) is 3.17. The number of carbonyl (C=O) groups is 1. The smallest absolute Gasteiger partial charge is 0.240 e. The van der Waals surface area contributed by atoms with Crippen LogP contribution in [0.15, 0.2) is 18.5 Å². The van der Waals surface area contributed by atoms with Crippen LogP contribution in [0, 0.1) is 5.92 Å². The van der Waals surface area contributed by atoms with Crippen LogP contribution in [-0.4, -0.2) is 23.6 Å². The summed E-state index contributed by atoms with van der Waals surface area (Å²) in [5.74, 6) is 0.877. The predicted octanol–water partition coefficient (Wildman–Crippen LogP) is 2.46. The van der Waals surface area contributed by atoms with E-state index in [1.807, 2.05) is 17.8 Å². The molecule has 1 aliphatic rings. The van der Waals surface area contributed by atoms with Crippen LogP contribution < -0.4 is 10.6 Å². The summed E-state index contributed by atoms with van der Waals surface area (Å²) in [6.07, 6.45) is 8.71. The minimum absolute atomic E-state index is 0.105. The number of amides is 1. The normalized spacial score (nSPS) is 16.4. The molecule has 1 aromatic heterocycles. The number of nitrogens with one attached hydrogen (secondary N) is 2. The van der Waals surface area contributed by atoms with E-state index in [2.05, 4.69) is 36.7 Å². The van der Waals surface area contributed by atoms with Gasteiger partial charge in [0.25, 0.3) is 0 Å². The summed E-state index contributed by atoms with van der Waals surface area (Å²) in [6.45, 7) is 4.63. The molecule has 1 heterocycles. The molecule has 1 fully saturated rings. The van der Waals surface area contributed by atoms with Gasteiger partial charge in [0.1, 0.15) is 6.54 Å². The Labute approximate surface area is 121 Å². The standard InChI is InChI=1S/C16H27N3O/c1-4-14(5-2)18-15(20)11-19-9-8-13(10-19)16(17-3)12-6-7-12/h8-10,12,14,16-17H,4-7,11H2,1-3H3,(H,18,20). The molecule has 4 heteroatoms. The first kappa shape index (κ1) is 15.1. The minimum atomic E-state index is 0.105. The van der Waals surface area contributed by atoms with Gasteiger partial charge in [-0.2, -0.15) is 0 Å². The van der Waals surface area contributed by atoms with Crippen molar-refractivity contribution in [3.8, 4) is 0 Å². The van der Waals surface area contributed by atoms with Crippen LogP contribution in [-0.2, 0) is 11.3 Å². The second-order valence-corrected chi connectivity index (χ2v) is 5.80. The van der Waals surface area contributed by atoms with Crippen molar-refractivity contribution in [3.05, 3.63) is 24.0 Å². The van der Waals surface area contributed by atoms with Crippen LogP contribution in [0.5, 0.6) is 0 Å². The molecule has 4 nitrogen and oxygen atoms in total. The number of carbonyl (C=O) groups excluding carboxylic acids is 1. The summed E-state index contributed by atoms with van der Waals surface area (Å²) >= 11 is 0. The van der Waals surface area contributed by atoms with Crippen molar-refractivity contribution in [2.75, 3.05) is 7.05 Å². The lowest BCUT2D eigenvalue weighted by atomic mass is 10.1. The molecule has 0 radical (unpaired) electrons. The number of hydrogen-bond acceptors (Lipinski definition) is 2. The lowest BCUT2D eigenvalue weighted by Crippen LogP contribution is -2.36. The lowest BCUT2D eigenvalue weighted by molar-refractivity contribution is -0.122. The maximum atomic E-state index is 12.0. The molecule has 0 aromatic carbocycles. The molecule has 0 saturated heterocycles. The van der Waals surface area contributed by atoms with Crippen molar-refractivity contribution < 1.29 is 4.79 Å². The molecule has 1 aliphatic carbocycles. The van der Waals surface area contributed by atoms with Gasteiger partial charge >= 0.3 is 0 Å². The fraction of sp³-hybridized carbons (Fsp3) is 0.688. The molecule has 1 aromatic rings. The van der Waals surface area contributed by atoms with Gasteiger partial charge in [0.15, 0.2) is 0 Å². The average molecular weight is 277 g/mol. The van der Waals surface area contributed by atoms with E-state index >= 15 is 0 Å². The summed E-state index contributed by atoms with van der Waals surface area (Å²) in [5, 5.41) is 6.46. The van der Waals surface area contributed by atoms with Gasteiger partial charge in [-0.1, -0.05) is 13.8 Å². The first-order chi connectivity index (χ1) is 9.67. The van der Waals surface area contributed by atoms with Gasteiger partial charge < -0.3 is 15.2 Å². The molecule has 0 bridgehead atoms. The van der Waals surface area contributed by atoms with E-state index in [1.165, 1.54) is 18.4 Å². The topological polar surface area (TPSA) is 46.1 Å². The largest absolute Gasteiger partial charge is 0.352 e. The van der Waals surface area contributed by atoms with Crippen LogP contribution in [0.25, 0.3) is 0 Å². The van der Waals surface area contributed by atoms with E-state index in [-0.39, 0.29) is 5.91 Å². The third kappa shape index (κ3) is 3.85. The Morgan fingerprint density at radius 2 is 2.10 bits per heavy atom. The molecule has 112 valence electrons. The van der Waals surface area contributed by atoms with E-state index in [1.54, 1.807) is 0 Å². The zero-order valence-corrected chi connectivity index (χ0v) is 12.9. The molecule has 1 amide bonds. The van der Waals surface area contributed by atoms with Crippen molar-refractivity contribution in [1.29, 1.82) is 0 Å². The third-order valence-electron chi connectivity index (χ3n) is 4.21. The summed E-state index contributed by atoms with van der Waals surface area (Å²) in [4.78, 5) is 12.0. The monoisotopic (exact) mass is 277 g/mol. The van der Waals surface area contributed by atoms with Crippen LogP contribution >= 0.6 is 0 Å². The number of aromatic nitrogens is 1. The first-order valence-electron chi connectivity index (χ1n) is 7.80. The molecule has 1 saturated carbocycles. The summed E-state index contributed by atoms with van der Waals surface area (Å²) in [6, 6.07) is 2.87. The van der Waals surface area contributed by atoms with Crippen LogP contribution in [0.1, 0.15) is 51.1 Å². The van der Waals surface area contributed by atoms with Crippen molar-refractivity contribution >= 4 is 5.91 Å². The Morgan fingerprint density at radius 1 is 1.40 bits per heavy atom. The van der Waals surface area contributed by atoms with Crippen molar-refractivity contribution in [1.82, 2.24) is 15.2 Å². The number of hydrogen-bond donors (Lipinski definition) is 2. The molecule has 20 heavy (non-hydrogen) atoms. The van der Waals surface area contributed by atoms with Crippen molar-refractivity contribution in [2.24, 2.45) is 5.92 Å². The molecular weight excluding hydrogens is 250 g/mol. The molecule has 0 spiro atoms. The van der Waals surface area contributed by atoms with Crippen molar-refractivity contribution in [2.45, 2.75) is 58.2 Å². The fourth-order valence-electron chi connectivity index (χ4n) is 2.78. The Kier molecular flexibility index (Phi) is 5.24. The van der Waals surface area contributed by atoms with Gasteiger partial charge in [0.2, 0.25) is 5.91 Å². The van der Waals surface area contributed by atoms with Crippen LogP contribution in [0.4, 0.5) is 0 Å². The van der Waals surface area contributed by atoms with Crippen LogP contribution in [0.3, 0.4) is 0 Å². The zero-order valence-electron chi connectivity index (χ0n) is 12.9. The van der Waals surface area contributed by atoms with E-state index in [9.17, 15) is 4.79 Å². The fourth-order valence-corrected chi connectivity index (χ4v) is 2.78. The number of rotatable bonds is 8. The maximum Gasteiger partial charge on any atom is 0.240 e. The van der Waals surface area contributed by atoms with E-state index in [0.717, 1.165) is 18.8 Å². The zero-order chi connectivity index (χ0) is 14.5. The van der Waals surface area contributed by atoms with Gasteiger partial charge in [-0.3, -0.25) is 4.79 Å². The quantitative estimate of drug-likeness (QED) is 0.767. The second-order valence-electron chi connectivity index (χ2n) is 5.80. The van der Waals surface area contributed by atoms with E-state index in [0.29, 0.717) is 18.6 Å². The highest BCUT2D eigenvalue weighted by molar-refractivity contribution is 5.76. The van der Waals surface area contributed by atoms with Gasteiger partial charge in [0.05, 0.1) is 0 Å². The highest BCUT2D eigenvalue weighted by atomic mass is 16.2. The Bertz CT molecular complexity index is 433. The van der Waals surface area contributed by atoms with Gasteiger partial charge in [-0.15, -0.1) is 0 Å². The molecule has 2 N–H and O–H groups in total. The second kappa shape index (κ2) is 6.93. The summed E-state index contributed by atoms with van der Waals surface area (Å²) in [7, 11) is 2.01. The van der Waals surface area contributed by atoms with Gasteiger partial charge in [0, 0.05) is 24.5 Å². The molecule has 1 unspecified atom stereocenters. The predicted molar refractivity (Wildman–Crippen MR) is 81.5 cm³/mol. The third-order valence-corrected chi connectivity index (χ3v) is 4.21. The van der Waals surface area contributed by atoms with Gasteiger partial charge in [-0.25, -0.2) is 0 Å². The van der Waals surface area contributed by atoms with E-state index in [4.69, 9.17) is 0 Å². The highest BCUT2D eigenvalue weighted by Gasteiger charge is 2.31. The van der Waals surface area contributed by atoms with Gasteiger partial charge in [-0.05, 0) is 50.3 Å². The highest BCUT2D eigenvalue weighted by Crippen LogP contribution is 2.40. The molecule has 0 aliphatic heterocycles. The summed E-state index contributed by atoms with van der Waals surface area (Å²) < 4.78 is 1.99. The molecular formula is C16H27N3O. The first-order valence-corrected chi connectivity index (χ1v) is 7.80. The van der Waals surface area contributed by atoms with Crippen LogP contribution in [0.2, 0.25) is 0 Å². The summed E-state index contributed by atoms with van der Waals surface area (Å²) in [5.41, 5.74) is 1.30. The lowest BCUT2D eigenvalue weighted by Gasteiger charge is -2.15. The Balaban J connectivity index is 1.90. The van der Waals surface area contributed by atoms with Crippen molar-refractivity contribution in [3.63, 3.8) is 0 Å². The SMILES string of the molecule is CCC(CC)NC(=O)Cn1ccc(C(NC)C2CC2)c1. The Hall–Kier alpha value is -1.29. The molecule has 1 atom stereocenters. The maximum absolute atomic E-state index is 12.0. The molecule has 2 rings (SSSR count). The number of nitrogens with zero attached hydrogens (tertiary/aromatic N) is 1.